The summed E-state index contributed by atoms with van der Waals surface area (Å²) in [6.45, 7) is 0. The molecule has 22 heavy (non-hydrogen) atoms. The molecule has 124 valence electrons. The van der Waals surface area contributed by atoms with Crippen LogP contribution in [0.15, 0.2) is 0 Å². The van der Waals surface area contributed by atoms with Gasteiger partial charge in [-0.3, -0.25) is 4.79 Å². The van der Waals surface area contributed by atoms with E-state index in [0.29, 0.717) is 0 Å². The number of primary amides is 1. The Hall–Kier alpha value is -2.01. The molecule has 0 aliphatic carbocycles. The van der Waals surface area contributed by atoms with E-state index < -0.39 is 58.6 Å². The summed E-state index contributed by atoms with van der Waals surface area (Å²) in [5.41, 5.74) is -0.713. The van der Waals surface area contributed by atoms with Gasteiger partial charge in [-0.2, -0.15) is 26.3 Å². The SMILES string of the molecule is NC(=O)c1c(F)c(F)c(C(C(F)(F)F)C(F)(F)F)c(F)c1F. The Labute approximate surface area is 114 Å². The molecular weight excluding hydrogens is 340 g/mol. The van der Waals surface area contributed by atoms with E-state index in [1.807, 2.05) is 0 Å². The number of hydrogen-bond acceptors (Lipinski definition) is 1. The van der Waals surface area contributed by atoms with Crippen LogP contribution in [-0.4, -0.2) is 18.3 Å². The predicted octanol–water partition coefficient (Wildman–Crippen LogP) is 3.55. The highest BCUT2D eigenvalue weighted by Gasteiger charge is 2.60. The third kappa shape index (κ3) is 2.95. The zero-order chi connectivity index (χ0) is 17.6. The van der Waals surface area contributed by atoms with Gasteiger partial charge in [0, 0.05) is 0 Å². The number of amides is 1. The maximum absolute atomic E-state index is 13.4. The van der Waals surface area contributed by atoms with Crippen LogP contribution < -0.4 is 5.73 Å². The Kier molecular flexibility index (Phi) is 4.36. The highest BCUT2D eigenvalue weighted by atomic mass is 19.4. The van der Waals surface area contributed by atoms with Crippen molar-refractivity contribution >= 4 is 5.91 Å². The van der Waals surface area contributed by atoms with Crippen molar-refractivity contribution in [2.45, 2.75) is 18.3 Å². The lowest BCUT2D eigenvalue weighted by Gasteiger charge is -2.24. The van der Waals surface area contributed by atoms with Crippen LogP contribution >= 0.6 is 0 Å². The number of carbonyl (C=O) groups is 1. The third-order valence-corrected chi connectivity index (χ3v) is 2.49. The molecule has 2 nitrogen and oxygen atoms in total. The Morgan fingerprint density at radius 1 is 0.773 bits per heavy atom. The summed E-state index contributed by atoms with van der Waals surface area (Å²) in [5, 5.41) is 0. The van der Waals surface area contributed by atoms with E-state index in [4.69, 9.17) is 0 Å². The average molecular weight is 343 g/mol. The van der Waals surface area contributed by atoms with Crippen LogP contribution in [0.5, 0.6) is 0 Å². The maximum Gasteiger partial charge on any atom is 0.404 e. The highest BCUT2D eigenvalue weighted by Crippen LogP contribution is 2.48. The standard InChI is InChI=1S/C10H3F10NO/c11-3-1(7(9(15,16)17)10(18,19)20)4(12)6(14)2(5(3)13)8(21)22/h7H,(H2,21,22). The van der Waals surface area contributed by atoms with Crippen LogP contribution in [-0.2, 0) is 0 Å². The summed E-state index contributed by atoms with van der Waals surface area (Å²) in [5.74, 6) is -18.5. The van der Waals surface area contributed by atoms with Crippen molar-refractivity contribution in [2.75, 3.05) is 0 Å². The molecule has 1 aromatic carbocycles. The lowest BCUT2D eigenvalue weighted by molar-refractivity contribution is -0.255. The molecular formula is C10H3F10NO. The molecule has 1 aromatic rings. The fourth-order valence-corrected chi connectivity index (χ4v) is 1.63. The van der Waals surface area contributed by atoms with E-state index in [0.717, 1.165) is 0 Å². The van der Waals surface area contributed by atoms with Crippen LogP contribution in [0.2, 0.25) is 0 Å². The van der Waals surface area contributed by atoms with E-state index in [1.165, 1.54) is 0 Å². The van der Waals surface area contributed by atoms with Crippen molar-refractivity contribution in [3.8, 4) is 0 Å². The molecule has 0 heterocycles. The largest absolute Gasteiger partial charge is 0.404 e. The van der Waals surface area contributed by atoms with Crippen LogP contribution in [0.4, 0.5) is 43.9 Å². The van der Waals surface area contributed by atoms with Crippen molar-refractivity contribution in [3.05, 3.63) is 34.4 Å². The van der Waals surface area contributed by atoms with E-state index in [-0.39, 0.29) is 0 Å². The van der Waals surface area contributed by atoms with Gasteiger partial charge in [0.15, 0.2) is 29.2 Å². The summed E-state index contributed by atoms with van der Waals surface area (Å²) in [4.78, 5) is 10.6. The number of halogens is 10. The van der Waals surface area contributed by atoms with Gasteiger partial charge >= 0.3 is 12.4 Å². The Bertz CT molecular complexity index is 575. The molecule has 0 aliphatic rings. The molecule has 0 aromatic heterocycles. The second kappa shape index (κ2) is 5.32. The van der Waals surface area contributed by atoms with Gasteiger partial charge in [-0.1, -0.05) is 0 Å². The van der Waals surface area contributed by atoms with E-state index >= 15 is 0 Å². The molecule has 12 heteroatoms. The number of nitrogens with two attached hydrogens (primary N) is 1. The van der Waals surface area contributed by atoms with Crippen LogP contribution in [0.25, 0.3) is 0 Å². The highest BCUT2D eigenvalue weighted by molar-refractivity contribution is 5.93. The van der Waals surface area contributed by atoms with Crippen molar-refractivity contribution in [3.63, 3.8) is 0 Å². The van der Waals surface area contributed by atoms with Gasteiger partial charge in [-0.15, -0.1) is 0 Å². The molecule has 0 bridgehead atoms. The van der Waals surface area contributed by atoms with Gasteiger partial charge in [0.1, 0.15) is 5.56 Å². The Morgan fingerprint density at radius 2 is 1.09 bits per heavy atom. The van der Waals surface area contributed by atoms with Gasteiger partial charge < -0.3 is 5.73 Å². The van der Waals surface area contributed by atoms with Gasteiger partial charge in [-0.25, -0.2) is 17.6 Å². The second-order valence-electron chi connectivity index (χ2n) is 3.93. The fraction of sp³-hybridized carbons (Fsp3) is 0.300. The molecule has 2 N–H and O–H groups in total. The molecule has 0 radical (unpaired) electrons. The minimum atomic E-state index is -6.30. The van der Waals surface area contributed by atoms with Gasteiger partial charge in [0.2, 0.25) is 0 Å². The molecule has 1 amide bonds. The Morgan fingerprint density at radius 3 is 1.32 bits per heavy atom. The molecule has 0 atom stereocenters. The normalized spacial score (nSPS) is 12.9. The number of carbonyl (C=O) groups excluding carboxylic acids is 1. The first-order valence-electron chi connectivity index (χ1n) is 5.00. The molecule has 0 spiro atoms. The van der Waals surface area contributed by atoms with E-state index in [1.54, 1.807) is 0 Å². The average Bonchev–Trinajstić information content (AvgIpc) is 2.28. The number of benzene rings is 1. The van der Waals surface area contributed by atoms with Crippen molar-refractivity contribution in [1.82, 2.24) is 0 Å². The first kappa shape index (κ1) is 18.0. The van der Waals surface area contributed by atoms with Gasteiger partial charge in [0.05, 0.1) is 5.56 Å². The quantitative estimate of drug-likeness (QED) is 0.648. The molecule has 0 aliphatic heterocycles. The molecule has 0 fully saturated rings. The number of hydrogen-bond donors (Lipinski definition) is 1. The lowest BCUT2D eigenvalue weighted by atomic mass is 9.94. The van der Waals surface area contributed by atoms with Crippen LogP contribution in [0.3, 0.4) is 0 Å². The van der Waals surface area contributed by atoms with Crippen molar-refractivity contribution in [1.29, 1.82) is 0 Å². The van der Waals surface area contributed by atoms with Crippen molar-refractivity contribution in [2.24, 2.45) is 5.73 Å². The fourth-order valence-electron chi connectivity index (χ4n) is 1.63. The first-order chi connectivity index (χ1) is 9.71. The van der Waals surface area contributed by atoms with E-state index in [9.17, 15) is 48.7 Å². The first-order valence-corrected chi connectivity index (χ1v) is 5.00. The summed E-state index contributed by atoms with van der Waals surface area (Å²) < 4.78 is 128. The summed E-state index contributed by atoms with van der Waals surface area (Å²) >= 11 is 0. The molecule has 1 rings (SSSR count). The minimum Gasteiger partial charge on any atom is -0.365 e. The second-order valence-corrected chi connectivity index (χ2v) is 3.93. The summed E-state index contributed by atoms with van der Waals surface area (Å²) in [6, 6.07) is 0. The number of alkyl halides is 6. The van der Waals surface area contributed by atoms with Gasteiger partial charge in [0.25, 0.3) is 5.91 Å². The smallest absolute Gasteiger partial charge is 0.365 e. The zero-order valence-corrected chi connectivity index (χ0v) is 9.84. The maximum atomic E-state index is 13.4. The summed E-state index contributed by atoms with van der Waals surface area (Å²) in [6.07, 6.45) is -12.6. The molecule has 0 saturated heterocycles. The predicted molar refractivity (Wildman–Crippen MR) is 49.6 cm³/mol. The monoisotopic (exact) mass is 343 g/mol. The number of rotatable bonds is 2. The van der Waals surface area contributed by atoms with Crippen LogP contribution in [0, 0.1) is 23.3 Å². The zero-order valence-electron chi connectivity index (χ0n) is 9.84. The van der Waals surface area contributed by atoms with Crippen molar-refractivity contribution < 1.29 is 48.7 Å². The minimum absolute atomic E-state index is 2.12. The van der Waals surface area contributed by atoms with E-state index in [2.05, 4.69) is 5.73 Å². The van der Waals surface area contributed by atoms with Crippen LogP contribution in [0.1, 0.15) is 21.8 Å². The Balaban J connectivity index is 3.86. The molecule has 0 saturated carbocycles. The third-order valence-electron chi connectivity index (χ3n) is 2.49. The lowest BCUT2D eigenvalue weighted by Crippen LogP contribution is -2.36. The van der Waals surface area contributed by atoms with Gasteiger partial charge in [-0.05, 0) is 0 Å². The topological polar surface area (TPSA) is 43.1 Å². The molecule has 0 unspecified atom stereocenters. The summed E-state index contributed by atoms with van der Waals surface area (Å²) in [7, 11) is 0.